The van der Waals surface area contributed by atoms with Gasteiger partial charge in [0, 0.05) is 62.4 Å². The van der Waals surface area contributed by atoms with Gasteiger partial charge >= 0.3 is 0 Å². The third-order valence-electron chi connectivity index (χ3n) is 13.2. The van der Waals surface area contributed by atoms with Gasteiger partial charge in [-0.15, -0.1) is 0 Å². The minimum absolute atomic E-state index is 0.0437. The van der Waals surface area contributed by atoms with E-state index in [4.69, 9.17) is 9.47 Å². The van der Waals surface area contributed by atoms with Crippen molar-refractivity contribution in [2.24, 2.45) is 34.6 Å². The molecule has 1 unspecified atom stereocenters. The number of hydrogen-bond acceptors (Lipinski definition) is 5. The highest BCUT2D eigenvalue weighted by Gasteiger charge is 2.28. The lowest BCUT2D eigenvalue weighted by Gasteiger charge is -2.31. The van der Waals surface area contributed by atoms with Crippen LogP contribution in [-0.4, -0.2) is 84.8 Å². The Bertz CT molecular complexity index is 2160. The summed E-state index contributed by atoms with van der Waals surface area (Å²) >= 11 is 0. The predicted octanol–water partition coefficient (Wildman–Crippen LogP) is 20.8. The Labute approximate surface area is 506 Å². The van der Waals surface area contributed by atoms with Crippen molar-refractivity contribution in [2.75, 3.05) is 54.1 Å². The molecular weight excluding hydrogens is 1020 g/mol. The number of likely N-dealkylation sites (tertiary alicyclic amines) is 1. The van der Waals surface area contributed by atoms with Gasteiger partial charge in [-0.05, 0) is 198 Å². The zero-order valence-corrected chi connectivity index (χ0v) is 59.5. The van der Waals surface area contributed by atoms with Crippen molar-refractivity contribution in [2.45, 2.75) is 253 Å². The number of aromatic nitrogens is 2. The van der Waals surface area contributed by atoms with Gasteiger partial charge < -0.3 is 14.4 Å². The van der Waals surface area contributed by atoms with Crippen LogP contribution in [0.25, 0.3) is 0 Å². The Hall–Kier alpha value is -3.50. The van der Waals surface area contributed by atoms with Gasteiger partial charge in [-0.25, -0.2) is 13.2 Å². The number of halogens is 3. The molecule has 0 aliphatic carbocycles. The maximum absolute atomic E-state index is 12.7. The lowest BCUT2D eigenvalue weighted by Crippen LogP contribution is -2.38. The molecule has 3 aromatic carbocycles. The molecule has 0 bridgehead atoms. The number of rotatable bonds is 3. The third-order valence-corrected chi connectivity index (χ3v) is 13.2. The fraction of sp³-hybridized carbons (Fsp3) is 0.712. The van der Waals surface area contributed by atoms with Gasteiger partial charge in [-0.3, -0.25) is 9.58 Å². The van der Waals surface area contributed by atoms with E-state index < -0.39 is 0 Å². The van der Waals surface area contributed by atoms with E-state index in [1.807, 2.05) is 48.3 Å². The van der Waals surface area contributed by atoms with E-state index in [1.165, 1.54) is 79.5 Å². The molecule has 0 radical (unpaired) electrons. The SMILES string of the molecule is CC(C)(C)C.CC(C)(C)C1CCOC1.CC(C)(C)Cc1ccc(F)cc1.CC(C)(C)N1CCCC1.CC(C)(C)c1ccc(F)cc1.CC(C)(C)c1cccc(F)c1.CN(C)C(C)(C)C.COCCC(C)(C)C.Cn1nccc1C(C)(C)C. The second-order valence-electron chi connectivity index (χ2n) is 32.6. The van der Waals surface area contributed by atoms with E-state index >= 15 is 0 Å². The standard InChI is InChI=1S/C11H15F.2C10H13F.C8H14N2.C8H17N.C8H16O.C7H16O.C6H15N.C5H12/c1-11(2,3)8-9-4-6-10(12)7-5-9;1-10(2,3)8-4-6-9(11)7-5-8;1-10(2,3)8-5-4-6-9(11)7-8;1-8(2,3)7-5-6-9-10(7)4;1-8(2,3)9-6-4-5-7-9;1-8(2,3)7-4-5-9-6-7;1-7(2,3)5-6-8-4;1-6(2,3)7(4)5;1-5(2,3)4/h4-7H,8H2,1-3H3;2*4-7H,1-3H3;5-6H,1-4H3;4-7H2,1-3H3;7H,4-6H2,1-3H3;5-6H2,1-4H3;1-5H3;1-4H3. The molecule has 0 saturated carbocycles. The molecule has 6 nitrogen and oxygen atoms in total. The number of benzene rings is 3. The molecule has 0 amide bonds. The van der Waals surface area contributed by atoms with Crippen LogP contribution in [0.2, 0.25) is 0 Å². The largest absolute Gasteiger partial charge is 0.385 e. The highest BCUT2D eigenvalue weighted by atomic mass is 19.1. The number of methoxy groups -OCH3 is 1. The summed E-state index contributed by atoms with van der Waals surface area (Å²) < 4.78 is 49.8. The molecule has 2 saturated heterocycles. The molecule has 2 aliphatic heterocycles. The topological polar surface area (TPSA) is 42.8 Å². The average molecular weight is 1150 g/mol. The van der Waals surface area contributed by atoms with Crippen LogP contribution in [0.3, 0.4) is 0 Å². The molecule has 1 aromatic heterocycles. The zero-order chi connectivity index (χ0) is 64.9. The Kier molecular flexibility index (Phi) is 37.5. The summed E-state index contributed by atoms with van der Waals surface area (Å²) in [4.78, 5) is 4.74. The first-order valence-corrected chi connectivity index (χ1v) is 30.4. The summed E-state index contributed by atoms with van der Waals surface area (Å²) in [6, 6.07) is 22.2. The maximum Gasteiger partial charge on any atom is 0.123 e. The highest BCUT2D eigenvalue weighted by molar-refractivity contribution is 5.24. The van der Waals surface area contributed by atoms with E-state index in [9.17, 15) is 13.2 Å². The summed E-state index contributed by atoms with van der Waals surface area (Å²) in [5.74, 6) is 0.306. The van der Waals surface area contributed by atoms with Gasteiger partial charge in [0.25, 0.3) is 0 Å². The van der Waals surface area contributed by atoms with E-state index in [0.29, 0.717) is 27.3 Å². The van der Waals surface area contributed by atoms with Crippen LogP contribution in [0.15, 0.2) is 85.1 Å². The van der Waals surface area contributed by atoms with Crippen LogP contribution in [0.4, 0.5) is 13.2 Å². The molecular formula is C73H131F3N4O2. The lowest BCUT2D eigenvalue weighted by atomic mass is 9.80. The first-order valence-electron chi connectivity index (χ1n) is 30.4. The normalized spacial score (nSPS) is 15.0. The van der Waals surface area contributed by atoms with Gasteiger partial charge in [0.1, 0.15) is 17.5 Å². The van der Waals surface area contributed by atoms with Crippen LogP contribution in [0, 0.1) is 45.0 Å². The van der Waals surface area contributed by atoms with Gasteiger partial charge in [-0.1, -0.05) is 189 Å². The van der Waals surface area contributed by atoms with E-state index in [-0.39, 0.29) is 39.1 Å². The minimum Gasteiger partial charge on any atom is -0.385 e. The summed E-state index contributed by atoms with van der Waals surface area (Å²) in [5, 5.41) is 4.10. The number of aryl methyl sites for hydroxylation is 1. The van der Waals surface area contributed by atoms with Crippen molar-refractivity contribution in [3.63, 3.8) is 0 Å². The molecule has 1 atom stereocenters. The summed E-state index contributed by atoms with van der Waals surface area (Å²) in [7, 11) is 7.88. The fourth-order valence-corrected chi connectivity index (χ4v) is 7.24. The molecule has 4 aromatic rings. The monoisotopic (exact) mass is 1150 g/mol. The van der Waals surface area contributed by atoms with Gasteiger partial charge in [0.2, 0.25) is 0 Å². The molecule has 0 spiro atoms. The second kappa shape index (κ2) is 37.1. The van der Waals surface area contributed by atoms with E-state index in [1.54, 1.807) is 19.2 Å². The van der Waals surface area contributed by atoms with Gasteiger partial charge in [-0.2, -0.15) is 5.10 Å². The van der Waals surface area contributed by atoms with E-state index in [2.05, 4.69) is 229 Å². The van der Waals surface area contributed by atoms with Crippen molar-refractivity contribution in [1.29, 1.82) is 0 Å². The minimum atomic E-state index is -0.169. The van der Waals surface area contributed by atoms with Crippen molar-refractivity contribution >= 4 is 0 Å². The van der Waals surface area contributed by atoms with Gasteiger partial charge in [0.15, 0.2) is 0 Å². The predicted molar refractivity (Wildman–Crippen MR) is 355 cm³/mol. The van der Waals surface area contributed by atoms with Crippen LogP contribution in [0.5, 0.6) is 0 Å². The molecule has 6 rings (SSSR count). The lowest BCUT2D eigenvalue weighted by molar-refractivity contribution is 0.152. The fourth-order valence-electron chi connectivity index (χ4n) is 7.24. The molecule has 2 fully saturated rings. The summed E-state index contributed by atoms with van der Waals surface area (Å²) in [6.45, 7) is 66.8. The van der Waals surface area contributed by atoms with Crippen LogP contribution < -0.4 is 0 Å². The van der Waals surface area contributed by atoms with E-state index in [0.717, 1.165) is 44.1 Å². The number of nitrogens with zero attached hydrogens (tertiary/aromatic N) is 4. The molecule has 3 heterocycles. The van der Waals surface area contributed by atoms with Gasteiger partial charge in [0.05, 0.1) is 0 Å². The molecule has 0 N–H and O–H groups in total. The molecule has 9 heteroatoms. The smallest absolute Gasteiger partial charge is 0.123 e. The number of ether oxygens (including phenoxy) is 2. The molecule has 2 aliphatic rings. The molecule has 476 valence electrons. The van der Waals surface area contributed by atoms with Crippen LogP contribution in [0.1, 0.15) is 242 Å². The average Bonchev–Trinajstić information content (AvgIpc) is 4.11. The Morgan fingerprint density at radius 1 is 0.573 bits per heavy atom. The molecule has 82 heavy (non-hydrogen) atoms. The van der Waals surface area contributed by atoms with Crippen molar-refractivity contribution < 1.29 is 22.6 Å². The maximum atomic E-state index is 12.7. The van der Waals surface area contributed by atoms with Crippen molar-refractivity contribution in [3.8, 4) is 0 Å². The van der Waals surface area contributed by atoms with Crippen LogP contribution in [-0.2, 0) is 39.2 Å². The first-order chi connectivity index (χ1) is 36.7. The number of hydrogen-bond donors (Lipinski definition) is 0. The summed E-state index contributed by atoms with van der Waals surface area (Å²) in [6.07, 6.45) is 8.02. The quantitative estimate of drug-likeness (QED) is 0.205. The zero-order valence-electron chi connectivity index (χ0n) is 59.5. The third kappa shape index (κ3) is 46.8. The Balaban J connectivity index is -0.000000864. The van der Waals surface area contributed by atoms with Crippen molar-refractivity contribution in [3.05, 3.63) is 125 Å². The first kappa shape index (κ1) is 82.7. The Morgan fingerprint density at radius 3 is 1.24 bits per heavy atom. The summed E-state index contributed by atoms with van der Waals surface area (Å²) in [5.41, 5.74) is 7.45. The van der Waals surface area contributed by atoms with Crippen molar-refractivity contribution in [1.82, 2.24) is 19.6 Å². The second-order valence-corrected chi connectivity index (χ2v) is 32.6. The van der Waals surface area contributed by atoms with Crippen LogP contribution >= 0.6 is 0 Å². The Morgan fingerprint density at radius 2 is 1.01 bits per heavy atom. The highest BCUT2D eigenvalue weighted by Crippen LogP contribution is 2.32.